The number of H-pyrrole nitrogens is 1. The minimum absolute atomic E-state index is 0.121. The molecule has 1 atom stereocenters. The summed E-state index contributed by atoms with van der Waals surface area (Å²) < 4.78 is 1.84. The molecule has 1 aromatic carbocycles. The van der Waals surface area contributed by atoms with Crippen molar-refractivity contribution in [3.8, 4) is 11.3 Å². The van der Waals surface area contributed by atoms with E-state index >= 15 is 0 Å². The van der Waals surface area contributed by atoms with E-state index in [1.54, 1.807) is 0 Å². The molecule has 0 saturated carbocycles. The third-order valence-electron chi connectivity index (χ3n) is 6.23. The lowest BCUT2D eigenvalue weighted by Gasteiger charge is -2.35. The first-order valence-electron chi connectivity index (χ1n) is 10.6. The molecule has 0 bridgehead atoms. The van der Waals surface area contributed by atoms with Crippen LogP contribution in [-0.2, 0) is 20.0 Å². The first-order chi connectivity index (χ1) is 14.5. The SMILES string of the molecule is CCC(CNC(=O)c1cc(-c2c(C)nn(C)c2C)n[nH]1)N1CCc2ccccc2C1. The molecule has 0 spiro atoms. The molecule has 0 saturated heterocycles. The van der Waals surface area contributed by atoms with E-state index in [2.05, 4.69) is 56.7 Å². The molecule has 7 nitrogen and oxygen atoms in total. The van der Waals surface area contributed by atoms with E-state index in [0.29, 0.717) is 18.3 Å². The van der Waals surface area contributed by atoms with Gasteiger partial charge in [-0.2, -0.15) is 10.2 Å². The number of carbonyl (C=O) groups excluding carboxylic acids is 1. The Bertz CT molecular complexity index is 1050. The minimum Gasteiger partial charge on any atom is -0.349 e. The number of fused-ring (bicyclic) bond motifs is 1. The Labute approximate surface area is 177 Å². The number of nitrogens with zero attached hydrogens (tertiary/aromatic N) is 4. The lowest BCUT2D eigenvalue weighted by atomic mass is 9.98. The number of hydrogen-bond acceptors (Lipinski definition) is 4. The quantitative estimate of drug-likeness (QED) is 0.660. The zero-order valence-corrected chi connectivity index (χ0v) is 18.2. The molecule has 2 aromatic heterocycles. The fourth-order valence-electron chi connectivity index (χ4n) is 4.38. The van der Waals surface area contributed by atoms with Gasteiger partial charge in [-0.1, -0.05) is 31.2 Å². The Hall–Kier alpha value is -2.93. The molecule has 7 heteroatoms. The van der Waals surface area contributed by atoms with Crippen molar-refractivity contribution < 1.29 is 4.79 Å². The molecule has 2 N–H and O–H groups in total. The van der Waals surface area contributed by atoms with Gasteiger partial charge in [-0.25, -0.2) is 0 Å². The predicted octanol–water partition coefficient (Wildman–Crippen LogP) is 2.99. The number of aryl methyl sites for hydroxylation is 2. The second kappa shape index (κ2) is 8.44. The maximum absolute atomic E-state index is 12.7. The van der Waals surface area contributed by atoms with Crippen LogP contribution in [0, 0.1) is 13.8 Å². The van der Waals surface area contributed by atoms with Gasteiger partial charge in [0.25, 0.3) is 5.91 Å². The zero-order valence-electron chi connectivity index (χ0n) is 18.2. The molecule has 1 aliphatic heterocycles. The molecule has 1 unspecified atom stereocenters. The second-order valence-electron chi connectivity index (χ2n) is 8.10. The Morgan fingerprint density at radius 2 is 2.03 bits per heavy atom. The number of nitrogens with one attached hydrogen (secondary N) is 2. The van der Waals surface area contributed by atoms with E-state index in [-0.39, 0.29) is 5.91 Å². The summed E-state index contributed by atoms with van der Waals surface area (Å²) in [7, 11) is 1.91. The molecular formula is C23H30N6O. The van der Waals surface area contributed by atoms with Crippen molar-refractivity contribution in [1.29, 1.82) is 0 Å². The van der Waals surface area contributed by atoms with Crippen molar-refractivity contribution in [2.24, 2.45) is 7.05 Å². The zero-order chi connectivity index (χ0) is 21.3. The van der Waals surface area contributed by atoms with Crippen LogP contribution in [0.2, 0.25) is 0 Å². The third kappa shape index (κ3) is 3.89. The molecule has 1 aliphatic rings. The topological polar surface area (TPSA) is 78.8 Å². The van der Waals surface area contributed by atoms with Gasteiger partial charge in [0.15, 0.2) is 0 Å². The van der Waals surface area contributed by atoms with Crippen LogP contribution < -0.4 is 5.32 Å². The van der Waals surface area contributed by atoms with Gasteiger partial charge in [-0.05, 0) is 43.9 Å². The normalized spacial score (nSPS) is 15.1. The Kier molecular flexibility index (Phi) is 5.72. The summed E-state index contributed by atoms with van der Waals surface area (Å²) in [5, 5.41) is 14.8. The van der Waals surface area contributed by atoms with Crippen molar-refractivity contribution in [2.45, 2.75) is 46.2 Å². The largest absolute Gasteiger partial charge is 0.349 e. The predicted molar refractivity (Wildman–Crippen MR) is 117 cm³/mol. The monoisotopic (exact) mass is 406 g/mol. The van der Waals surface area contributed by atoms with Gasteiger partial charge in [-0.3, -0.25) is 19.5 Å². The average Bonchev–Trinajstić information content (AvgIpc) is 3.32. The van der Waals surface area contributed by atoms with Crippen molar-refractivity contribution in [1.82, 2.24) is 30.2 Å². The fraction of sp³-hybridized carbons (Fsp3) is 0.435. The van der Waals surface area contributed by atoms with E-state index in [9.17, 15) is 4.79 Å². The van der Waals surface area contributed by atoms with Gasteiger partial charge < -0.3 is 5.32 Å². The van der Waals surface area contributed by atoms with Crippen LogP contribution >= 0.6 is 0 Å². The highest BCUT2D eigenvalue weighted by molar-refractivity contribution is 5.93. The molecule has 4 rings (SSSR count). The highest BCUT2D eigenvalue weighted by Crippen LogP contribution is 2.25. The Morgan fingerprint density at radius 1 is 1.27 bits per heavy atom. The number of amides is 1. The lowest BCUT2D eigenvalue weighted by molar-refractivity contribution is 0.0921. The summed E-state index contributed by atoms with van der Waals surface area (Å²) in [5.41, 5.74) is 6.99. The standard InChI is InChI=1S/C23H30N6O/c1-5-19(29-11-10-17-8-6-7-9-18(17)14-29)13-24-23(30)21-12-20(25-26-21)22-15(2)27-28(4)16(22)3/h6-9,12,19H,5,10-11,13-14H2,1-4H3,(H,24,30)(H,25,26). The van der Waals surface area contributed by atoms with Crippen LogP contribution in [0.1, 0.15) is 46.3 Å². The molecule has 3 aromatic rings. The van der Waals surface area contributed by atoms with Crippen molar-refractivity contribution in [3.05, 3.63) is 58.5 Å². The third-order valence-corrected chi connectivity index (χ3v) is 6.23. The maximum atomic E-state index is 12.7. The fourth-order valence-corrected chi connectivity index (χ4v) is 4.38. The highest BCUT2D eigenvalue weighted by Gasteiger charge is 2.23. The summed E-state index contributed by atoms with van der Waals surface area (Å²) >= 11 is 0. The summed E-state index contributed by atoms with van der Waals surface area (Å²) in [5.74, 6) is -0.121. The van der Waals surface area contributed by atoms with Gasteiger partial charge in [0.05, 0.1) is 11.4 Å². The minimum atomic E-state index is -0.121. The van der Waals surface area contributed by atoms with Crippen LogP contribution in [0.5, 0.6) is 0 Å². The number of rotatable bonds is 6. The van der Waals surface area contributed by atoms with E-state index < -0.39 is 0 Å². The van der Waals surface area contributed by atoms with Gasteiger partial charge in [0.1, 0.15) is 5.69 Å². The van der Waals surface area contributed by atoms with Gasteiger partial charge in [0, 0.05) is 44.0 Å². The maximum Gasteiger partial charge on any atom is 0.269 e. The van der Waals surface area contributed by atoms with Crippen molar-refractivity contribution in [2.75, 3.05) is 13.1 Å². The number of hydrogen-bond donors (Lipinski definition) is 2. The average molecular weight is 407 g/mol. The number of aromatic amines is 1. The molecular weight excluding hydrogens is 376 g/mol. The van der Waals surface area contributed by atoms with Gasteiger partial charge in [0.2, 0.25) is 0 Å². The highest BCUT2D eigenvalue weighted by atomic mass is 16.1. The van der Waals surface area contributed by atoms with Crippen LogP contribution in [0.4, 0.5) is 0 Å². The van der Waals surface area contributed by atoms with Crippen molar-refractivity contribution in [3.63, 3.8) is 0 Å². The molecule has 0 fully saturated rings. The molecule has 30 heavy (non-hydrogen) atoms. The summed E-state index contributed by atoms with van der Waals surface area (Å²) in [4.78, 5) is 15.2. The van der Waals surface area contributed by atoms with Crippen LogP contribution in [0.3, 0.4) is 0 Å². The van der Waals surface area contributed by atoms with Crippen LogP contribution in [-0.4, -0.2) is 49.9 Å². The smallest absolute Gasteiger partial charge is 0.269 e. The second-order valence-corrected chi connectivity index (χ2v) is 8.10. The Morgan fingerprint density at radius 3 is 2.73 bits per heavy atom. The molecule has 3 heterocycles. The van der Waals surface area contributed by atoms with Crippen LogP contribution in [0.25, 0.3) is 11.3 Å². The Balaban J connectivity index is 1.40. The van der Waals surface area contributed by atoms with Crippen LogP contribution in [0.15, 0.2) is 30.3 Å². The van der Waals surface area contributed by atoms with E-state index in [1.807, 2.05) is 31.6 Å². The van der Waals surface area contributed by atoms with E-state index in [4.69, 9.17) is 0 Å². The first-order valence-corrected chi connectivity index (χ1v) is 10.6. The van der Waals surface area contributed by atoms with E-state index in [0.717, 1.165) is 48.6 Å². The van der Waals surface area contributed by atoms with Gasteiger partial charge in [-0.15, -0.1) is 0 Å². The van der Waals surface area contributed by atoms with Gasteiger partial charge >= 0.3 is 0 Å². The number of carbonyl (C=O) groups is 1. The number of benzene rings is 1. The summed E-state index contributed by atoms with van der Waals surface area (Å²) in [6, 6.07) is 10.8. The molecule has 1 amide bonds. The number of aromatic nitrogens is 4. The lowest BCUT2D eigenvalue weighted by Crippen LogP contribution is -2.45. The van der Waals surface area contributed by atoms with E-state index in [1.165, 1.54) is 11.1 Å². The summed E-state index contributed by atoms with van der Waals surface area (Å²) in [6.45, 7) is 8.74. The molecule has 158 valence electrons. The molecule has 0 aliphatic carbocycles. The summed E-state index contributed by atoms with van der Waals surface area (Å²) in [6.07, 6.45) is 2.05. The first kappa shape index (κ1) is 20.3. The molecule has 0 radical (unpaired) electrons. The van der Waals surface area contributed by atoms with Crippen molar-refractivity contribution >= 4 is 5.91 Å².